The van der Waals surface area contributed by atoms with Gasteiger partial charge < -0.3 is 10.3 Å². The van der Waals surface area contributed by atoms with Gasteiger partial charge in [-0.15, -0.1) is 0 Å². The standard InChI is InChI=1S/C32H30FN5/c1-5-8-20(4)35-25(7-3)17-21(6-2)23-11-14-29-28(18-23)31(38-37-29)30-19-27-26(15-16-34-32(27)36-30)22-9-12-24(33)13-10-22/h6-7,9-19,35H,3-5,8H2,1-2H3,(H,34,36)(H,37,38)/b21-6+,25-17+. The number of H-pyrrole nitrogens is 2. The van der Waals surface area contributed by atoms with Crippen molar-refractivity contribution in [3.8, 4) is 22.5 Å². The van der Waals surface area contributed by atoms with Crippen molar-refractivity contribution in [3.63, 3.8) is 0 Å². The monoisotopic (exact) mass is 503 g/mol. The molecular formula is C32H30FN5. The Balaban J connectivity index is 1.54. The van der Waals surface area contributed by atoms with E-state index in [9.17, 15) is 4.39 Å². The topological polar surface area (TPSA) is 69.4 Å². The van der Waals surface area contributed by atoms with Gasteiger partial charge in [-0.25, -0.2) is 9.37 Å². The Morgan fingerprint density at radius 3 is 2.63 bits per heavy atom. The van der Waals surface area contributed by atoms with Crippen LogP contribution in [0.25, 0.3) is 50.0 Å². The first-order chi connectivity index (χ1) is 18.5. The summed E-state index contributed by atoms with van der Waals surface area (Å²) >= 11 is 0. The van der Waals surface area contributed by atoms with Crippen LogP contribution >= 0.6 is 0 Å². The number of nitrogens with one attached hydrogen (secondary N) is 3. The smallest absolute Gasteiger partial charge is 0.138 e. The van der Waals surface area contributed by atoms with Gasteiger partial charge in [0.05, 0.1) is 11.2 Å². The summed E-state index contributed by atoms with van der Waals surface area (Å²) in [5.41, 5.74) is 9.24. The molecule has 0 bridgehead atoms. The molecule has 3 N–H and O–H groups in total. The van der Waals surface area contributed by atoms with Gasteiger partial charge in [-0.2, -0.15) is 5.10 Å². The van der Waals surface area contributed by atoms with Crippen LogP contribution in [0.1, 0.15) is 32.3 Å². The molecule has 38 heavy (non-hydrogen) atoms. The molecule has 3 heterocycles. The van der Waals surface area contributed by atoms with E-state index in [0.29, 0.717) is 0 Å². The minimum Gasteiger partial charge on any atom is -0.359 e. The highest BCUT2D eigenvalue weighted by molar-refractivity contribution is 6.00. The van der Waals surface area contributed by atoms with E-state index in [-0.39, 0.29) is 5.82 Å². The van der Waals surface area contributed by atoms with Crippen LogP contribution in [0.15, 0.2) is 104 Å². The molecule has 3 aromatic heterocycles. The van der Waals surface area contributed by atoms with Crippen LogP contribution < -0.4 is 5.32 Å². The number of nitrogens with zero attached hydrogens (tertiary/aromatic N) is 2. The fourth-order valence-electron chi connectivity index (χ4n) is 4.65. The van der Waals surface area contributed by atoms with E-state index in [4.69, 9.17) is 0 Å². The summed E-state index contributed by atoms with van der Waals surface area (Å²) in [5, 5.41) is 13.1. The Labute approximate surface area is 221 Å². The second kappa shape index (κ2) is 10.7. The van der Waals surface area contributed by atoms with Crippen molar-refractivity contribution in [2.24, 2.45) is 0 Å². The number of aromatic amines is 2. The summed E-state index contributed by atoms with van der Waals surface area (Å²) in [7, 11) is 0. The Bertz CT molecular complexity index is 1700. The third kappa shape index (κ3) is 4.93. The van der Waals surface area contributed by atoms with Gasteiger partial charge in [-0.05, 0) is 84.2 Å². The van der Waals surface area contributed by atoms with E-state index in [0.717, 1.165) is 79.8 Å². The van der Waals surface area contributed by atoms with Crippen molar-refractivity contribution in [1.82, 2.24) is 25.5 Å². The van der Waals surface area contributed by atoms with Gasteiger partial charge in [-0.1, -0.05) is 50.8 Å². The molecule has 0 saturated heterocycles. The number of benzene rings is 2. The molecule has 6 heteroatoms. The summed E-state index contributed by atoms with van der Waals surface area (Å²) < 4.78 is 13.5. The lowest BCUT2D eigenvalue weighted by molar-refractivity contribution is 0.628. The molecule has 0 atom stereocenters. The molecule has 5 rings (SSSR count). The second-order valence-corrected chi connectivity index (χ2v) is 9.17. The van der Waals surface area contributed by atoms with Crippen LogP contribution in [0, 0.1) is 5.82 Å². The van der Waals surface area contributed by atoms with Gasteiger partial charge in [-0.3, -0.25) is 5.10 Å². The first kappa shape index (κ1) is 25.0. The Hall–Kier alpha value is -4.71. The molecular weight excluding hydrogens is 473 g/mol. The molecule has 5 nitrogen and oxygen atoms in total. The lowest BCUT2D eigenvalue weighted by atomic mass is 10.0. The minimum atomic E-state index is -0.259. The van der Waals surface area contributed by atoms with Crippen molar-refractivity contribution in [2.45, 2.75) is 26.7 Å². The quantitative estimate of drug-likeness (QED) is 0.177. The summed E-state index contributed by atoms with van der Waals surface area (Å²) in [5.74, 6) is -0.259. The lowest BCUT2D eigenvalue weighted by Gasteiger charge is -2.11. The molecule has 5 aromatic rings. The molecule has 0 unspecified atom stereocenters. The molecule has 0 aliphatic carbocycles. The van der Waals surface area contributed by atoms with Crippen LogP contribution in [-0.2, 0) is 0 Å². The predicted molar refractivity (Wildman–Crippen MR) is 156 cm³/mol. The molecule has 0 aliphatic heterocycles. The van der Waals surface area contributed by atoms with E-state index in [1.54, 1.807) is 18.3 Å². The molecule has 0 saturated carbocycles. The molecule has 0 aliphatic rings. The zero-order chi connectivity index (χ0) is 26.6. The molecule has 0 spiro atoms. The minimum absolute atomic E-state index is 0.259. The van der Waals surface area contributed by atoms with Gasteiger partial charge in [0, 0.05) is 28.4 Å². The third-order valence-electron chi connectivity index (χ3n) is 6.55. The number of fused-ring (bicyclic) bond motifs is 2. The number of hydrogen-bond acceptors (Lipinski definition) is 3. The van der Waals surface area contributed by atoms with E-state index in [2.05, 4.69) is 75.9 Å². The summed E-state index contributed by atoms with van der Waals surface area (Å²) in [6.07, 6.45) is 9.66. The number of hydrogen-bond donors (Lipinski definition) is 3. The number of aromatic nitrogens is 4. The maximum Gasteiger partial charge on any atom is 0.138 e. The van der Waals surface area contributed by atoms with Gasteiger partial charge in [0.15, 0.2) is 0 Å². The van der Waals surface area contributed by atoms with Gasteiger partial charge in [0.25, 0.3) is 0 Å². The molecule has 0 fully saturated rings. The number of pyridine rings is 1. The van der Waals surface area contributed by atoms with Crippen molar-refractivity contribution in [2.75, 3.05) is 0 Å². The number of rotatable bonds is 9. The van der Waals surface area contributed by atoms with Crippen molar-refractivity contribution in [1.29, 1.82) is 0 Å². The lowest BCUT2D eigenvalue weighted by Crippen LogP contribution is -2.10. The first-order valence-electron chi connectivity index (χ1n) is 12.7. The summed E-state index contributed by atoms with van der Waals surface area (Å²) in [6, 6.07) is 16.8. The zero-order valence-corrected chi connectivity index (χ0v) is 21.6. The highest BCUT2D eigenvalue weighted by Gasteiger charge is 2.15. The first-order valence-corrected chi connectivity index (χ1v) is 12.7. The maximum absolute atomic E-state index is 13.5. The largest absolute Gasteiger partial charge is 0.359 e. The van der Waals surface area contributed by atoms with Crippen LogP contribution in [0.5, 0.6) is 0 Å². The maximum atomic E-state index is 13.5. The Kier molecular flexibility index (Phi) is 7.05. The SMILES string of the molecule is C=C/C(=C\C(=C/C)c1ccc2[nH]nc(-c3cc4c(-c5ccc(F)cc5)ccnc4[nH]3)c2c1)NC(=C)CCC. The molecule has 190 valence electrons. The molecule has 0 amide bonds. The zero-order valence-electron chi connectivity index (χ0n) is 21.6. The second-order valence-electron chi connectivity index (χ2n) is 9.17. The average molecular weight is 504 g/mol. The van der Waals surface area contributed by atoms with Crippen LogP contribution in [0.3, 0.4) is 0 Å². The Morgan fingerprint density at radius 1 is 1.08 bits per heavy atom. The van der Waals surface area contributed by atoms with Gasteiger partial charge in [0.1, 0.15) is 17.2 Å². The van der Waals surface area contributed by atoms with Crippen LogP contribution in [-0.4, -0.2) is 20.2 Å². The Morgan fingerprint density at radius 2 is 1.89 bits per heavy atom. The fourth-order valence-corrected chi connectivity index (χ4v) is 4.65. The van der Waals surface area contributed by atoms with E-state index < -0.39 is 0 Å². The van der Waals surface area contributed by atoms with Crippen molar-refractivity contribution in [3.05, 3.63) is 115 Å². The molecule has 0 radical (unpaired) electrons. The van der Waals surface area contributed by atoms with Gasteiger partial charge >= 0.3 is 0 Å². The van der Waals surface area contributed by atoms with Crippen molar-refractivity contribution >= 4 is 27.5 Å². The van der Waals surface area contributed by atoms with Crippen LogP contribution in [0.4, 0.5) is 4.39 Å². The number of allylic oxidation sites excluding steroid dienone is 5. The van der Waals surface area contributed by atoms with E-state index in [1.807, 2.05) is 25.1 Å². The third-order valence-corrected chi connectivity index (χ3v) is 6.55. The number of halogens is 1. The summed E-state index contributed by atoms with van der Waals surface area (Å²) in [4.78, 5) is 7.95. The predicted octanol–water partition coefficient (Wildman–Crippen LogP) is 8.29. The highest BCUT2D eigenvalue weighted by atomic mass is 19.1. The van der Waals surface area contributed by atoms with E-state index in [1.165, 1.54) is 12.1 Å². The normalized spacial score (nSPS) is 12.3. The average Bonchev–Trinajstić information content (AvgIpc) is 3.55. The van der Waals surface area contributed by atoms with Crippen molar-refractivity contribution < 1.29 is 4.39 Å². The van der Waals surface area contributed by atoms with E-state index >= 15 is 0 Å². The highest BCUT2D eigenvalue weighted by Crippen LogP contribution is 2.34. The fraction of sp³-hybridized carbons (Fsp3) is 0.125. The van der Waals surface area contributed by atoms with Gasteiger partial charge in [0.2, 0.25) is 0 Å². The summed E-state index contributed by atoms with van der Waals surface area (Å²) in [6.45, 7) is 12.2. The molecule has 2 aromatic carbocycles. The van der Waals surface area contributed by atoms with Crippen LogP contribution in [0.2, 0.25) is 0 Å².